The molecular weight excluding hydrogens is 730 g/mol. The first kappa shape index (κ1) is 33.2. The lowest BCUT2D eigenvalue weighted by Gasteiger charge is -2.46. The van der Waals surface area contributed by atoms with E-state index in [1.807, 2.05) is 6.20 Å². The summed E-state index contributed by atoms with van der Waals surface area (Å²) in [6.07, 6.45) is 3.73. The lowest BCUT2D eigenvalue weighted by atomic mass is 9.30. The van der Waals surface area contributed by atoms with Gasteiger partial charge in [0, 0.05) is 68.8 Å². The molecule has 6 nitrogen and oxygen atoms in total. The first-order valence-corrected chi connectivity index (χ1v) is 20.6. The fraction of sp³-hybridized carbons (Fsp3) is 0. The third-order valence-corrected chi connectivity index (χ3v) is 12.7. The first-order chi connectivity index (χ1) is 29.8. The highest BCUT2D eigenvalue weighted by atomic mass is 15.2. The van der Waals surface area contributed by atoms with Crippen LogP contribution in [0.25, 0.3) is 0 Å². The smallest absolute Gasteiger partial charge is 0.256 e. The molecule has 0 N–H and O–H groups in total. The number of hydrogen-bond acceptors (Lipinski definition) is 6. The van der Waals surface area contributed by atoms with E-state index in [9.17, 15) is 0 Å². The first-order valence-electron chi connectivity index (χ1n) is 20.6. The molecule has 0 unspecified atom stereocenters. The van der Waals surface area contributed by atoms with Gasteiger partial charge in [0.05, 0.1) is 0 Å². The molecule has 4 aliphatic heterocycles. The van der Waals surface area contributed by atoms with Gasteiger partial charge in [-0.3, -0.25) is 4.90 Å². The molecule has 5 heterocycles. The monoisotopic (exact) mass is 764 g/mol. The van der Waals surface area contributed by atoms with Crippen LogP contribution in [-0.4, -0.2) is 23.4 Å². The van der Waals surface area contributed by atoms with Crippen LogP contribution in [-0.2, 0) is 0 Å². The maximum absolute atomic E-state index is 5.05. The summed E-state index contributed by atoms with van der Waals surface area (Å²) in [5.41, 5.74) is 20.0. The molecule has 8 aromatic carbocycles. The van der Waals surface area contributed by atoms with Crippen molar-refractivity contribution < 1.29 is 0 Å². The molecule has 8 heteroatoms. The molecule has 0 fully saturated rings. The summed E-state index contributed by atoms with van der Waals surface area (Å²) < 4.78 is 0. The van der Waals surface area contributed by atoms with Gasteiger partial charge in [-0.1, -0.05) is 109 Å². The van der Waals surface area contributed by atoms with E-state index < -0.39 is 0 Å². The highest BCUT2D eigenvalue weighted by molar-refractivity contribution is 7.03. The summed E-state index contributed by atoms with van der Waals surface area (Å²) in [5, 5.41) is 0. The molecule has 4 aliphatic rings. The van der Waals surface area contributed by atoms with Gasteiger partial charge in [0.15, 0.2) is 0 Å². The Bertz CT molecular complexity index is 2940. The van der Waals surface area contributed by atoms with Gasteiger partial charge in [-0.2, -0.15) is 0 Å². The second-order valence-corrected chi connectivity index (χ2v) is 15.8. The molecule has 0 saturated carbocycles. The van der Waals surface area contributed by atoms with Crippen molar-refractivity contribution in [1.82, 2.24) is 9.97 Å². The summed E-state index contributed by atoms with van der Waals surface area (Å²) in [5.74, 6) is 0.905. The standard InChI is InChI=1S/C52H34B2N6/c1-5-17-35(18-6-1)57-43-26-14-13-25-39(43)53-40-31-41-49(32-48(40)58(36-19-7-2-8-20-36)45-28-15-27-44(57)50(45)53)59(37-21-9-3-10-22-37)46-29-16-30-47-51(46)54(41)42-33-55-34-56-52(42)60(47)38-23-11-4-12-24-38/h1-34H. The third-order valence-electron chi connectivity index (χ3n) is 12.7. The van der Waals surface area contributed by atoms with Crippen molar-refractivity contribution in [2.24, 2.45) is 0 Å². The minimum atomic E-state index is -0.117. The normalized spacial score (nSPS) is 13.8. The Balaban J connectivity index is 1.14. The fourth-order valence-corrected chi connectivity index (χ4v) is 10.4. The Kier molecular flexibility index (Phi) is 7.10. The molecule has 0 radical (unpaired) electrons. The SMILES string of the molecule is c1ccc(N2c3ccccc3B3c4cc5c(cc4N(c4ccccc4)c4cccc2c43)N(c2ccccc2)c2cccc3c2B5c2cncnc2N3c2ccccc2)cc1. The highest BCUT2D eigenvalue weighted by Gasteiger charge is 2.48. The van der Waals surface area contributed by atoms with Gasteiger partial charge in [0.2, 0.25) is 0 Å². The third kappa shape index (κ3) is 4.61. The van der Waals surface area contributed by atoms with Crippen molar-refractivity contribution in [1.29, 1.82) is 0 Å². The predicted molar refractivity (Wildman–Crippen MR) is 250 cm³/mol. The van der Waals surface area contributed by atoms with E-state index >= 15 is 0 Å². The number of fused-ring (bicyclic) bond motifs is 8. The summed E-state index contributed by atoms with van der Waals surface area (Å²) in [4.78, 5) is 19.5. The Labute approximate surface area is 349 Å². The van der Waals surface area contributed by atoms with E-state index in [2.05, 4.69) is 214 Å². The van der Waals surface area contributed by atoms with Crippen LogP contribution in [0.3, 0.4) is 0 Å². The average molecular weight is 765 g/mol. The Hall–Kier alpha value is -7.83. The van der Waals surface area contributed by atoms with E-state index in [-0.39, 0.29) is 13.4 Å². The number of aromatic nitrogens is 2. The zero-order valence-electron chi connectivity index (χ0n) is 32.5. The van der Waals surface area contributed by atoms with Crippen molar-refractivity contribution in [2.45, 2.75) is 0 Å². The van der Waals surface area contributed by atoms with Crippen LogP contribution in [0.5, 0.6) is 0 Å². The Morgan fingerprint density at radius 1 is 0.317 bits per heavy atom. The minimum Gasteiger partial charge on any atom is -0.311 e. The van der Waals surface area contributed by atoms with E-state index in [4.69, 9.17) is 9.97 Å². The van der Waals surface area contributed by atoms with Gasteiger partial charge in [-0.15, -0.1) is 0 Å². The number of nitrogens with zero attached hydrogens (tertiary/aromatic N) is 6. The number of hydrogen-bond donors (Lipinski definition) is 0. The van der Waals surface area contributed by atoms with Gasteiger partial charge < -0.3 is 14.7 Å². The number of para-hydroxylation sites is 5. The van der Waals surface area contributed by atoms with Crippen LogP contribution in [0, 0.1) is 0 Å². The van der Waals surface area contributed by atoms with E-state index in [0.29, 0.717) is 0 Å². The predicted octanol–water partition coefficient (Wildman–Crippen LogP) is 8.64. The van der Waals surface area contributed by atoms with Crippen LogP contribution >= 0.6 is 0 Å². The maximum Gasteiger partial charge on any atom is 0.256 e. The van der Waals surface area contributed by atoms with Gasteiger partial charge in [-0.25, -0.2) is 9.97 Å². The van der Waals surface area contributed by atoms with Crippen LogP contribution in [0.15, 0.2) is 207 Å². The van der Waals surface area contributed by atoms with Crippen LogP contribution in [0.1, 0.15) is 0 Å². The van der Waals surface area contributed by atoms with Crippen molar-refractivity contribution in [3.05, 3.63) is 207 Å². The van der Waals surface area contributed by atoms with Crippen LogP contribution in [0.2, 0.25) is 0 Å². The molecule has 0 saturated heterocycles. The van der Waals surface area contributed by atoms with Gasteiger partial charge in [0.1, 0.15) is 12.1 Å². The van der Waals surface area contributed by atoms with Crippen molar-refractivity contribution in [3.8, 4) is 0 Å². The van der Waals surface area contributed by atoms with Crippen LogP contribution < -0.4 is 52.4 Å². The van der Waals surface area contributed by atoms with Crippen molar-refractivity contribution >= 4 is 115 Å². The fourth-order valence-electron chi connectivity index (χ4n) is 10.4. The summed E-state index contributed by atoms with van der Waals surface area (Å²) in [7, 11) is 0. The van der Waals surface area contributed by atoms with E-state index in [1.54, 1.807) is 6.33 Å². The van der Waals surface area contributed by atoms with Gasteiger partial charge >= 0.3 is 0 Å². The van der Waals surface area contributed by atoms with Gasteiger partial charge in [0.25, 0.3) is 13.4 Å². The van der Waals surface area contributed by atoms with E-state index in [0.717, 1.165) is 51.1 Å². The average Bonchev–Trinajstić information content (AvgIpc) is 3.32. The number of anilines is 12. The zero-order chi connectivity index (χ0) is 39.3. The highest BCUT2D eigenvalue weighted by Crippen LogP contribution is 2.47. The Morgan fingerprint density at radius 3 is 1.23 bits per heavy atom. The summed E-state index contributed by atoms with van der Waals surface area (Å²) in [6, 6.07) is 70.6. The maximum atomic E-state index is 5.05. The molecule has 278 valence electrons. The second kappa shape index (κ2) is 12.8. The molecule has 0 amide bonds. The number of rotatable bonds is 4. The number of benzene rings is 8. The topological polar surface area (TPSA) is 38.7 Å². The lowest BCUT2D eigenvalue weighted by Crippen LogP contribution is -2.65. The molecule has 0 atom stereocenters. The minimum absolute atomic E-state index is 0.0228. The quantitative estimate of drug-likeness (QED) is 0.167. The Morgan fingerprint density at radius 2 is 0.717 bits per heavy atom. The largest absolute Gasteiger partial charge is 0.311 e. The summed E-state index contributed by atoms with van der Waals surface area (Å²) in [6.45, 7) is -0.139. The molecule has 9 aromatic rings. The molecule has 0 aliphatic carbocycles. The molecule has 1 aromatic heterocycles. The second-order valence-electron chi connectivity index (χ2n) is 15.8. The molecule has 0 spiro atoms. The molecule has 0 bridgehead atoms. The lowest BCUT2D eigenvalue weighted by molar-refractivity contribution is 1.12. The van der Waals surface area contributed by atoms with Crippen LogP contribution in [0.4, 0.5) is 68.4 Å². The zero-order valence-corrected chi connectivity index (χ0v) is 32.5. The molecule has 60 heavy (non-hydrogen) atoms. The molecule has 13 rings (SSSR count). The summed E-state index contributed by atoms with van der Waals surface area (Å²) >= 11 is 0. The van der Waals surface area contributed by atoms with Crippen molar-refractivity contribution in [2.75, 3.05) is 19.6 Å². The van der Waals surface area contributed by atoms with Crippen molar-refractivity contribution in [3.63, 3.8) is 0 Å². The molecular formula is C52H34B2N6. The van der Waals surface area contributed by atoms with Gasteiger partial charge in [-0.05, 0) is 118 Å². The van der Waals surface area contributed by atoms with E-state index in [1.165, 1.54) is 50.1 Å².